The second kappa shape index (κ2) is 3.47. The van der Waals surface area contributed by atoms with Crippen LogP contribution in [0.1, 0.15) is 0 Å². The van der Waals surface area contributed by atoms with Crippen molar-refractivity contribution in [1.82, 2.24) is 0 Å². The number of aromatic hydroxyl groups is 1. The molecule has 0 unspecified atom stereocenters. The molecule has 0 aliphatic rings. The SMILES string of the molecule is Nc1ccc(O)cc1.[Zn]. The second-order valence-corrected chi connectivity index (χ2v) is 1.59. The Morgan fingerprint density at radius 2 is 1.56 bits per heavy atom. The van der Waals surface area contributed by atoms with Crippen LogP contribution >= 0.6 is 0 Å². The van der Waals surface area contributed by atoms with Gasteiger partial charge in [-0.2, -0.15) is 0 Å². The van der Waals surface area contributed by atoms with Gasteiger partial charge in [-0.3, -0.25) is 0 Å². The smallest absolute Gasteiger partial charge is 0.115 e. The maximum Gasteiger partial charge on any atom is 0.115 e. The number of anilines is 1. The Morgan fingerprint density at radius 1 is 1.11 bits per heavy atom. The molecule has 0 atom stereocenters. The maximum atomic E-state index is 8.70. The third kappa shape index (κ3) is 2.47. The molecule has 0 aromatic heterocycles. The summed E-state index contributed by atoms with van der Waals surface area (Å²) in [5.41, 5.74) is 5.98. The summed E-state index contributed by atoms with van der Waals surface area (Å²) in [7, 11) is 0. The number of benzene rings is 1. The molecule has 0 saturated carbocycles. The maximum absolute atomic E-state index is 8.70. The number of rotatable bonds is 0. The first kappa shape index (κ1) is 8.44. The van der Waals surface area contributed by atoms with Crippen LogP contribution in [0.5, 0.6) is 5.75 Å². The van der Waals surface area contributed by atoms with Gasteiger partial charge in [-0.25, -0.2) is 0 Å². The van der Waals surface area contributed by atoms with E-state index in [1.807, 2.05) is 0 Å². The summed E-state index contributed by atoms with van der Waals surface area (Å²) in [6, 6.07) is 6.40. The van der Waals surface area contributed by atoms with Crippen molar-refractivity contribution in [3.8, 4) is 5.75 Å². The Labute approximate surface area is 66.4 Å². The first-order chi connectivity index (χ1) is 3.79. The zero-order valence-corrected chi connectivity index (χ0v) is 8.01. The van der Waals surface area contributed by atoms with E-state index in [1.54, 1.807) is 24.3 Å². The fraction of sp³-hybridized carbons (Fsp3) is 0. The Kier molecular flexibility index (Phi) is 3.25. The van der Waals surface area contributed by atoms with Gasteiger partial charge < -0.3 is 10.8 Å². The van der Waals surface area contributed by atoms with Crippen LogP contribution in [0, 0.1) is 0 Å². The summed E-state index contributed by atoms with van der Waals surface area (Å²) in [5.74, 6) is 0.249. The van der Waals surface area contributed by atoms with Crippen molar-refractivity contribution >= 4 is 5.69 Å². The third-order valence-corrected chi connectivity index (χ3v) is 0.893. The number of nitrogens with two attached hydrogens (primary N) is 1. The molecule has 0 heterocycles. The van der Waals surface area contributed by atoms with Gasteiger partial charge in [0.1, 0.15) is 5.75 Å². The van der Waals surface area contributed by atoms with E-state index in [-0.39, 0.29) is 25.2 Å². The molecule has 9 heavy (non-hydrogen) atoms. The minimum absolute atomic E-state index is 0. The molecule has 3 N–H and O–H groups in total. The van der Waals surface area contributed by atoms with Gasteiger partial charge in [0.05, 0.1) is 0 Å². The van der Waals surface area contributed by atoms with Gasteiger partial charge in [0.2, 0.25) is 0 Å². The number of hydrogen-bond acceptors (Lipinski definition) is 2. The number of phenolic OH excluding ortho intramolecular Hbond substituents is 1. The van der Waals surface area contributed by atoms with E-state index in [4.69, 9.17) is 10.8 Å². The molecule has 0 spiro atoms. The van der Waals surface area contributed by atoms with E-state index < -0.39 is 0 Å². The van der Waals surface area contributed by atoms with Crippen molar-refractivity contribution in [2.75, 3.05) is 5.73 Å². The van der Waals surface area contributed by atoms with E-state index in [2.05, 4.69) is 0 Å². The first-order valence-electron chi connectivity index (χ1n) is 2.33. The monoisotopic (exact) mass is 173 g/mol. The molecule has 0 aliphatic carbocycles. The number of nitrogen functional groups attached to an aromatic ring is 1. The molecule has 2 nitrogen and oxygen atoms in total. The van der Waals surface area contributed by atoms with Gasteiger partial charge >= 0.3 is 0 Å². The van der Waals surface area contributed by atoms with Gasteiger partial charge in [0.25, 0.3) is 0 Å². The Balaban J connectivity index is 0.000000640. The van der Waals surface area contributed by atoms with Gasteiger partial charge in [0, 0.05) is 25.2 Å². The molecule has 1 aromatic carbocycles. The average Bonchev–Trinajstić information content (AvgIpc) is 1.77. The Bertz CT molecular complexity index is 152. The van der Waals surface area contributed by atoms with Crippen LogP contribution in [0.2, 0.25) is 0 Å². The van der Waals surface area contributed by atoms with Gasteiger partial charge in [-0.05, 0) is 24.3 Å². The van der Waals surface area contributed by atoms with Crippen LogP contribution in [-0.2, 0) is 19.5 Å². The van der Waals surface area contributed by atoms with Crippen molar-refractivity contribution in [1.29, 1.82) is 0 Å². The van der Waals surface area contributed by atoms with Crippen LogP contribution in [0.25, 0.3) is 0 Å². The predicted molar refractivity (Wildman–Crippen MR) is 32.5 cm³/mol. The normalized spacial score (nSPS) is 8.00. The minimum atomic E-state index is 0. The topological polar surface area (TPSA) is 46.2 Å². The number of hydrogen-bond donors (Lipinski definition) is 2. The average molecular weight is 175 g/mol. The quantitative estimate of drug-likeness (QED) is 0.350. The Hall–Kier alpha value is -0.557. The van der Waals surface area contributed by atoms with E-state index in [9.17, 15) is 0 Å². The fourth-order valence-corrected chi connectivity index (χ4v) is 0.474. The summed E-state index contributed by atoms with van der Waals surface area (Å²) in [5, 5.41) is 8.70. The largest absolute Gasteiger partial charge is 0.508 e. The fourth-order valence-electron chi connectivity index (χ4n) is 0.474. The van der Waals surface area contributed by atoms with Crippen LogP contribution in [0.4, 0.5) is 5.69 Å². The standard InChI is InChI=1S/C6H7NO.Zn/c7-5-1-3-6(8)4-2-5;/h1-4,8H,7H2;. The van der Waals surface area contributed by atoms with Crippen molar-refractivity contribution in [3.63, 3.8) is 0 Å². The second-order valence-electron chi connectivity index (χ2n) is 1.59. The van der Waals surface area contributed by atoms with Crippen molar-refractivity contribution < 1.29 is 24.6 Å². The zero-order chi connectivity index (χ0) is 5.98. The van der Waals surface area contributed by atoms with Crippen molar-refractivity contribution in [3.05, 3.63) is 24.3 Å². The zero-order valence-electron chi connectivity index (χ0n) is 5.04. The molecule has 0 fully saturated rings. The van der Waals surface area contributed by atoms with Gasteiger partial charge in [0.15, 0.2) is 0 Å². The summed E-state index contributed by atoms with van der Waals surface area (Å²) in [6.07, 6.45) is 0. The summed E-state index contributed by atoms with van der Waals surface area (Å²) in [6.45, 7) is 0. The molecular formula is C6H7NOZn. The van der Waals surface area contributed by atoms with Crippen LogP contribution < -0.4 is 5.73 Å². The third-order valence-electron chi connectivity index (χ3n) is 0.893. The van der Waals surface area contributed by atoms with E-state index in [1.165, 1.54) is 0 Å². The van der Waals surface area contributed by atoms with Gasteiger partial charge in [-0.1, -0.05) is 0 Å². The molecule has 0 amide bonds. The molecule has 0 bridgehead atoms. The molecule has 0 saturated heterocycles. The molecular weight excluding hydrogens is 167 g/mol. The van der Waals surface area contributed by atoms with Crippen LogP contribution in [-0.4, -0.2) is 5.11 Å². The molecule has 1 aromatic rings. The molecule has 0 aliphatic heterocycles. The van der Waals surface area contributed by atoms with Crippen molar-refractivity contribution in [2.24, 2.45) is 0 Å². The first-order valence-corrected chi connectivity index (χ1v) is 2.33. The molecule has 1 rings (SSSR count). The van der Waals surface area contributed by atoms with Crippen LogP contribution in [0.15, 0.2) is 24.3 Å². The van der Waals surface area contributed by atoms with Crippen molar-refractivity contribution in [2.45, 2.75) is 0 Å². The van der Waals surface area contributed by atoms with E-state index in [0.29, 0.717) is 5.69 Å². The summed E-state index contributed by atoms with van der Waals surface area (Å²) in [4.78, 5) is 0. The predicted octanol–water partition coefficient (Wildman–Crippen LogP) is 0.972. The van der Waals surface area contributed by atoms with Gasteiger partial charge in [-0.15, -0.1) is 0 Å². The molecule has 0 radical (unpaired) electrons. The number of phenols is 1. The summed E-state index contributed by atoms with van der Waals surface area (Å²) >= 11 is 0. The van der Waals surface area contributed by atoms with E-state index in [0.717, 1.165) is 0 Å². The Morgan fingerprint density at radius 3 is 1.89 bits per heavy atom. The van der Waals surface area contributed by atoms with Crippen LogP contribution in [0.3, 0.4) is 0 Å². The summed E-state index contributed by atoms with van der Waals surface area (Å²) < 4.78 is 0. The molecule has 3 heteroatoms. The van der Waals surface area contributed by atoms with E-state index >= 15 is 0 Å². The molecule has 44 valence electrons. The minimum Gasteiger partial charge on any atom is -0.508 e.